The number of methoxy groups -OCH3 is 1. The summed E-state index contributed by atoms with van der Waals surface area (Å²) in [6.07, 6.45) is -2.32. The van der Waals surface area contributed by atoms with Crippen molar-refractivity contribution in [2.45, 2.75) is 62.5 Å². The second-order valence-electron chi connectivity index (χ2n) is 11.0. The van der Waals surface area contributed by atoms with Crippen LogP contribution in [0.3, 0.4) is 0 Å². The Morgan fingerprint density at radius 3 is 2.33 bits per heavy atom. The number of carbonyl (C=O) groups is 1. The molecule has 0 aliphatic carbocycles. The number of hydrogen-bond donors (Lipinski definition) is 2. The molecule has 4 rings (SSSR count). The third-order valence-electron chi connectivity index (χ3n) is 7.31. The van der Waals surface area contributed by atoms with E-state index in [0.717, 1.165) is 16.4 Å². The molecule has 0 spiro atoms. The number of aliphatic hydroxyl groups is 1. The predicted molar refractivity (Wildman–Crippen MR) is 148 cm³/mol. The van der Waals surface area contributed by atoms with Gasteiger partial charge in [-0.05, 0) is 60.7 Å². The van der Waals surface area contributed by atoms with Crippen LogP contribution in [0, 0.1) is 23.5 Å². The molecule has 2 aromatic carbocycles. The molecule has 2 saturated heterocycles. The second kappa shape index (κ2) is 14.1. The van der Waals surface area contributed by atoms with Gasteiger partial charge in [-0.15, -0.1) is 0 Å². The molecule has 0 aromatic heterocycles. The van der Waals surface area contributed by atoms with Crippen molar-refractivity contribution in [2.24, 2.45) is 11.8 Å². The Kier molecular flexibility index (Phi) is 10.8. The Hall–Kier alpha value is -2.84. The van der Waals surface area contributed by atoms with Crippen molar-refractivity contribution in [2.75, 3.05) is 33.4 Å². The number of carbonyl (C=O) groups excluding carboxylic acids is 1. The number of hydrogen-bond acceptors (Lipinski definition) is 8. The topological polar surface area (TPSA) is 124 Å². The van der Waals surface area contributed by atoms with E-state index >= 15 is 0 Å². The standard InChI is InChI=1S/C29H38F2N2O8S/c1-18(2)16-33(42(36,37)23-6-4-22(38-3)5-7-23)17-26(34)25(14-19-12-20(30)15-21(31)13-19)32-29(35)41-27-9-11-40-28-24(27)8-10-39-28/h4-7,12-13,15,18,24-28,34H,8-11,14,16-17H2,1-3H3,(H,32,35)/t24-,25-,26+,27-,28+/m0/s1. The molecule has 10 nitrogen and oxygen atoms in total. The third-order valence-corrected chi connectivity index (χ3v) is 9.15. The highest BCUT2D eigenvalue weighted by Gasteiger charge is 2.41. The van der Waals surface area contributed by atoms with E-state index in [2.05, 4.69) is 5.32 Å². The normalized spacial score (nSPS) is 22.0. The molecule has 2 aliphatic heterocycles. The van der Waals surface area contributed by atoms with Crippen LogP contribution in [0.5, 0.6) is 5.75 Å². The fourth-order valence-electron chi connectivity index (χ4n) is 5.27. The molecule has 13 heteroatoms. The van der Waals surface area contributed by atoms with E-state index in [4.69, 9.17) is 18.9 Å². The summed E-state index contributed by atoms with van der Waals surface area (Å²) in [7, 11) is -2.60. The van der Waals surface area contributed by atoms with Gasteiger partial charge >= 0.3 is 6.09 Å². The molecule has 0 radical (unpaired) electrons. The lowest BCUT2D eigenvalue weighted by Gasteiger charge is -2.33. The first-order valence-electron chi connectivity index (χ1n) is 13.9. The number of aliphatic hydroxyl groups excluding tert-OH is 1. The monoisotopic (exact) mass is 612 g/mol. The Bertz CT molecular complexity index is 1290. The molecule has 2 aromatic rings. The quantitative estimate of drug-likeness (QED) is 0.374. The van der Waals surface area contributed by atoms with Crippen molar-refractivity contribution in [1.29, 1.82) is 0 Å². The van der Waals surface area contributed by atoms with E-state index in [1.54, 1.807) is 0 Å². The molecule has 0 bridgehead atoms. The number of nitrogens with zero attached hydrogens (tertiary/aromatic N) is 1. The zero-order valence-electron chi connectivity index (χ0n) is 23.9. The number of rotatable bonds is 12. The van der Waals surface area contributed by atoms with Crippen molar-refractivity contribution in [3.05, 3.63) is 59.7 Å². The summed E-state index contributed by atoms with van der Waals surface area (Å²) in [6.45, 7) is 4.17. The molecule has 232 valence electrons. The van der Waals surface area contributed by atoms with Crippen molar-refractivity contribution in [1.82, 2.24) is 9.62 Å². The van der Waals surface area contributed by atoms with Crippen LogP contribution in [-0.4, -0.2) is 81.9 Å². The van der Waals surface area contributed by atoms with Crippen molar-refractivity contribution in [3.8, 4) is 5.75 Å². The minimum absolute atomic E-state index is 0.000115. The molecule has 5 atom stereocenters. The summed E-state index contributed by atoms with van der Waals surface area (Å²) in [6, 6.07) is 7.61. The van der Waals surface area contributed by atoms with Crippen LogP contribution in [0.4, 0.5) is 13.6 Å². The predicted octanol–water partition coefficient (Wildman–Crippen LogP) is 3.47. The Balaban J connectivity index is 1.55. The van der Waals surface area contributed by atoms with Crippen molar-refractivity contribution >= 4 is 16.1 Å². The summed E-state index contributed by atoms with van der Waals surface area (Å²) in [5.74, 6) is -1.40. The van der Waals surface area contributed by atoms with E-state index in [1.807, 2.05) is 13.8 Å². The second-order valence-corrected chi connectivity index (χ2v) is 12.9. The highest BCUT2D eigenvalue weighted by atomic mass is 32.2. The van der Waals surface area contributed by atoms with Crippen LogP contribution in [0.2, 0.25) is 0 Å². The van der Waals surface area contributed by atoms with Gasteiger partial charge in [-0.2, -0.15) is 4.31 Å². The molecule has 0 unspecified atom stereocenters. The van der Waals surface area contributed by atoms with E-state index in [0.29, 0.717) is 37.9 Å². The summed E-state index contributed by atoms with van der Waals surface area (Å²) in [5.41, 5.74) is 0.167. The summed E-state index contributed by atoms with van der Waals surface area (Å²) in [5, 5.41) is 14.0. The lowest BCUT2D eigenvalue weighted by atomic mass is 9.95. The van der Waals surface area contributed by atoms with Gasteiger partial charge in [0.15, 0.2) is 6.29 Å². The molecular formula is C29H38F2N2O8S. The third kappa shape index (κ3) is 8.16. The SMILES string of the molecule is COc1ccc(S(=O)(=O)N(CC(C)C)C[C@@H](O)[C@H](Cc2cc(F)cc(F)c2)NC(=O)O[C@H]2CCO[C@H]3OCC[C@H]32)cc1. The van der Waals surface area contributed by atoms with Gasteiger partial charge in [0.25, 0.3) is 0 Å². The minimum atomic E-state index is -4.07. The van der Waals surface area contributed by atoms with E-state index < -0.39 is 58.8 Å². The molecule has 2 N–H and O–H groups in total. The maximum atomic E-state index is 14.0. The van der Waals surface area contributed by atoms with Crippen LogP contribution in [0.1, 0.15) is 32.3 Å². The summed E-state index contributed by atoms with van der Waals surface area (Å²) in [4.78, 5) is 13.1. The highest BCUT2D eigenvalue weighted by molar-refractivity contribution is 7.89. The van der Waals surface area contributed by atoms with Crippen LogP contribution < -0.4 is 10.1 Å². The van der Waals surface area contributed by atoms with Crippen molar-refractivity contribution in [3.63, 3.8) is 0 Å². The number of nitrogens with one attached hydrogen (secondary N) is 1. The van der Waals surface area contributed by atoms with Gasteiger partial charge < -0.3 is 29.4 Å². The number of sulfonamides is 1. The Labute approximate surface area is 244 Å². The molecule has 2 heterocycles. The first kappa shape index (κ1) is 32.1. The Morgan fingerprint density at radius 1 is 1.07 bits per heavy atom. The number of ether oxygens (including phenoxy) is 4. The maximum absolute atomic E-state index is 14.0. The average Bonchev–Trinajstić information content (AvgIpc) is 3.41. The Morgan fingerprint density at radius 2 is 1.71 bits per heavy atom. The van der Waals surface area contributed by atoms with Gasteiger partial charge in [-0.25, -0.2) is 22.0 Å². The van der Waals surface area contributed by atoms with Gasteiger partial charge in [-0.1, -0.05) is 13.8 Å². The number of amides is 1. The molecule has 42 heavy (non-hydrogen) atoms. The minimum Gasteiger partial charge on any atom is -0.497 e. The van der Waals surface area contributed by atoms with Crippen LogP contribution >= 0.6 is 0 Å². The molecule has 0 saturated carbocycles. The van der Waals surface area contributed by atoms with Gasteiger partial charge in [0, 0.05) is 31.5 Å². The number of alkyl carbamates (subject to hydrolysis) is 1. The lowest BCUT2D eigenvalue weighted by Crippen LogP contribution is -2.52. The molecule has 1 amide bonds. The zero-order chi connectivity index (χ0) is 30.4. The van der Waals surface area contributed by atoms with Crippen molar-refractivity contribution < 1.29 is 46.0 Å². The van der Waals surface area contributed by atoms with Crippen LogP contribution in [-0.2, 0) is 30.7 Å². The molecular weight excluding hydrogens is 574 g/mol. The van der Waals surface area contributed by atoms with E-state index in [9.17, 15) is 27.1 Å². The fourth-order valence-corrected chi connectivity index (χ4v) is 6.89. The van der Waals surface area contributed by atoms with Gasteiger partial charge in [0.05, 0.1) is 37.4 Å². The molecule has 2 fully saturated rings. The number of fused-ring (bicyclic) bond motifs is 1. The van der Waals surface area contributed by atoms with E-state index in [-0.39, 0.29) is 35.3 Å². The summed E-state index contributed by atoms with van der Waals surface area (Å²) < 4.78 is 78.2. The first-order valence-corrected chi connectivity index (χ1v) is 15.4. The van der Waals surface area contributed by atoms with Gasteiger partial charge in [-0.3, -0.25) is 0 Å². The maximum Gasteiger partial charge on any atom is 0.407 e. The number of benzene rings is 2. The van der Waals surface area contributed by atoms with Gasteiger partial charge in [0.2, 0.25) is 10.0 Å². The lowest BCUT2D eigenvalue weighted by molar-refractivity contribution is -0.179. The van der Waals surface area contributed by atoms with Gasteiger partial charge in [0.1, 0.15) is 23.5 Å². The van der Waals surface area contributed by atoms with Crippen LogP contribution in [0.15, 0.2) is 47.4 Å². The fraction of sp³-hybridized carbons (Fsp3) is 0.552. The largest absolute Gasteiger partial charge is 0.497 e. The smallest absolute Gasteiger partial charge is 0.407 e. The molecule has 2 aliphatic rings. The average molecular weight is 613 g/mol. The highest BCUT2D eigenvalue weighted by Crippen LogP contribution is 2.32. The summed E-state index contributed by atoms with van der Waals surface area (Å²) >= 11 is 0. The van der Waals surface area contributed by atoms with Crippen LogP contribution in [0.25, 0.3) is 0 Å². The van der Waals surface area contributed by atoms with E-state index in [1.165, 1.54) is 31.4 Å². The zero-order valence-corrected chi connectivity index (χ0v) is 24.7. The first-order chi connectivity index (χ1) is 20.0. The number of halogens is 2.